The Bertz CT molecular complexity index is 435. The Hall–Kier alpha value is -1.62. The molecule has 0 amide bonds. The lowest BCUT2D eigenvalue weighted by Gasteiger charge is -2.07. The zero-order valence-electron chi connectivity index (χ0n) is 7.63. The van der Waals surface area contributed by atoms with Crippen LogP contribution >= 0.6 is 11.6 Å². The average Bonchev–Trinajstić information content (AvgIpc) is 2.18. The van der Waals surface area contributed by atoms with Crippen molar-refractivity contribution in [2.75, 3.05) is 5.73 Å². The minimum absolute atomic E-state index is 0.0794. The number of allylic oxidation sites excluding steroid dienone is 1. The van der Waals surface area contributed by atoms with Crippen molar-refractivity contribution in [1.29, 1.82) is 0 Å². The molecule has 0 unspecified atom stereocenters. The molecule has 0 saturated carbocycles. The molecule has 80 valence electrons. The number of carbonyl (C=O) groups is 1. The monoisotopic (exact) mass is 230 g/mol. The molecule has 0 aliphatic carbocycles. The Kier molecular flexibility index (Phi) is 3.26. The predicted molar refractivity (Wildman–Crippen MR) is 54.5 cm³/mol. The molecule has 1 aromatic heterocycles. The van der Waals surface area contributed by atoms with Gasteiger partial charge in [0.05, 0.1) is 16.4 Å². The van der Waals surface area contributed by atoms with E-state index >= 15 is 0 Å². The zero-order chi connectivity index (χ0) is 11.6. The van der Waals surface area contributed by atoms with Crippen LogP contribution in [0.4, 0.5) is 10.1 Å². The second-order valence-electron chi connectivity index (χ2n) is 2.75. The van der Waals surface area contributed by atoms with E-state index in [1.807, 2.05) is 0 Å². The minimum atomic E-state index is -1.35. The Morgan fingerprint density at radius 2 is 2.33 bits per heavy atom. The van der Waals surface area contributed by atoms with E-state index in [-0.39, 0.29) is 17.1 Å². The fourth-order valence-electron chi connectivity index (χ4n) is 1.03. The SMILES string of the molecule is C=CCc1nc(C(=O)O)c(Cl)c(N)c1F. The molecular weight excluding hydrogens is 223 g/mol. The number of nitrogens with two attached hydrogens (primary N) is 1. The van der Waals surface area contributed by atoms with E-state index in [4.69, 9.17) is 22.4 Å². The number of hydrogen-bond donors (Lipinski definition) is 2. The summed E-state index contributed by atoms with van der Waals surface area (Å²) in [6, 6.07) is 0. The van der Waals surface area contributed by atoms with Gasteiger partial charge in [-0.2, -0.15) is 0 Å². The molecule has 0 aliphatic heterocycles. The van der Waals surface area contributed by atoms with E-state index in [9.17, 15) is 9.18 Å². The van der Waals surface area contributed by atoms with Crippen LogP contribution in [0.1, 0.15) is 16.2 Å². The lowest BCUT2D eigenvalue weighted by atomic mass is 10.2. The van der Waals surface area contributed by atoms with Gasteiger partial charge in [-0.25, -0.2) is 14.2 Å². The average molecular weight is 231 g/mol. The van der Waals surface area contributed by atoms with E-state index in [0.717, 1.165) is 0 Å². The topological polar surface area (TPSA) is 76.2 Å². The molecule has 0 saturated heterocycles. The van der Waals surface area contributed by atoms with Gasteiger partial charge in [0.25, 0.3) is 0 Å². The second-order valence-corrected chi connectivity index (χ2v) is 3.12. The number of carboxylic acid groups (broad SMARTS) is 1. The minimum Gasteiger partial charge on any atom is -0.476 e. The van der Waals surface area contributed by atoms with Gasteiger partial charge >= 0.3 is 5.97 Å². The van der Waals surface area contributed by atoms with E-state index < -0.39 is 23.2 Å². The third kappa shape index (κ3) is 2.07. The number of nitrogen functional groups attached to an aromatic ring is 1. The number of carboxylic acids is 1. The van der Waals surface area contributed by atoms with Crippen LogP contribution in [0.15, 0.2) is 12.7 Å². The molecule has 0 fully saturated rings. The smallest absolute Gasteiger partial charge is 0.356 e. The van der Waals surface area contributed by atoms with Crippen LogP contribution in [-0.4, -0.2) is 16.1 Å². The van der Waals surface area contributed by atoms with Crippen molar-refractivity contribution in [3.63, 3.8) is 0 Å². The number of halogens is 2. The highest BCUT2D eigenvalue weighted by Gasteiger charge is 2.19. The van der Waals surface area contributed by atoms with Gasteiger partial charge in [0.2, 0.25) is 0 Å². The third-order valence-corrected chi connectivity index (χ3v) is 2.10. The van der Waals surface area contributed by atoms with Gasteiger partial charge in [-0.1, -0.05) is 17.7 Å². The number of anilines is 1. The van der Waals surface area contributed by atoms with E-state index in [2.05, 4.69) is 11.6 Å². The summed E-state index contributed by atoms with van der Waals surface area (Å²) in [7, 11) is 0. The fraction of sp³-hybridized carbons (Fsp3) is 0.111. The Morgan fingerprint density at radius 1 is 1.73 bits per heavy atom. The first-order chi connectivity index (χ1) is 6.99. The summed E-state index contributed by atoms with van der Waals surface area (Å²) < 4.78 is 13.4. The molecule has 15 heavy (non-hydrogen) atoms. The molecule has 4 nitrogen and oxygen atoms in total. The number of aromatic nitrogens is 1. The van der Waals surface area contributed by atoms with Gasteiger partial charge in [0, 0.05) is 6.42 Å². The van der Waals surface area contributed by atoms with Gasteiger partial charge in [0.15, 0.2) is 11.5 Å². The van der Waals surface area contributed by atoms with Crippen LogP contribution < -0.4 is 5.73 Å². The normalized spacial score (nSPS) is 10.0. The molecular formula is C9H8ClFN2O2. The Balaban J connectivity index is 3.44. The summed E-state index contributed by atoms with van der Waals surface area (Å²) in [6.07, 6.45) is 1.48. The van der Waals surface area contributed by atoms with Crippen LogP contribution in [0.25, 0.3) is 0 Å². The number of pyridine rings is 1. The first-order valence-electron chi connectivity index (χ1n) is 3.96. The highest BCUT2D eigenvalue weighted by Crippen LogP contribution is 2.27. The quantitative estimate of drug-likeness (QED) is 0.778. The molecule has 1 aromatic rings. The van der Waals surface area contributed by atoms with Gasteiger partial charge in [-0.15, -0.1) is 6.58 Å². The highest BCUT2D eigenvalue weighted by molar-refractivity contribution is 6.35. The molecule has 6 heteroatoms. The number of rotatable bonds is 3. The van der Waals surface area contributed by atoms with E-state index in [1.54, 1.807) is 0 Å². The molecule has 0 aliphatic rings. The molecule has 3 N–H and O–H groups in total. The molecule has 0 spiro atoms. The van der Waals surface area contributed by atoms with Gasteiger partial charge in [-0.3, -0.25) is 0 Å². The molecule has 1 heterocycles. The second kappa shape index (κ2) is 4.27. The number of nitrogens with zero attached hydrogens (tertiary/aromatic N) is 1. The van der Waals surface area contributed by atoms with Gasteiger partial charge in [-0.05, 0) is 0 Å². The van der Waals surface area contributed by atoms with Crippen LogP contribution in [0.3, 0.4) is 0 Å². The van der Waals surface area contributed by atoms with Gasteiger partial charge in [0.1, 0.15) is 0 Å². The zero-order valence-corrected chi connectivity index (χ0v) is 8.38. The van der Waals surface area contributed by atoms with E-state index in [0.29, 0.717) is 0 Å². The molecule has 1 rings (SSSR count). The molecule has 0 aromatic carbocycles. The van der Waals surface area contributed by atoms with Crippen LogP contribution in [0, 0.1) is 5.82 Å². The van der Waals surface area contributed by atoms with Crippen molar-refractivity contribution in [1.82, 2.24) is 4.98 Å². The summed E-state index contributed by atoms with van der Waals surface area (Å²) >= 11 is 5.53. The summed E-state index contributed by atoms with van der Waals surface area (Å²) in [5, 5.41) is 8.34. The maximum atomic E-state index is 13.4. The van der Waals surface area contributed by atoms with E-state index in [1.165, 1.54) is 6.08 Å². The molecule has 0 atom stereocenters. The summed E-state index contributed by atoms with van der Waals surface area (Å²) in [6.45, 7) is 3.40. The van der Waals surface area contributed by atoms with Crippen molar-refractivity contribution >= 4 is 23.3 Å². The number of hydrogen-bond acceptors (Lipinski definition) is 3. The summed E-state index contributed by atoms with van der Waals surface area (Å²) in [5.41, 5.74) is 4.37. The lowest BCUT2D eigenvalue weighted by Crippen LogP contribution is -2.09. The van der Waals surface area contributed by atoms with Crippen molar-refractivity contribution in [2.45, 2.75) is 6.42 Å². The van der Waals surface area contributed by atoms with Crippen molar-refractivity contribution in [3.05, 3.63) is 34.9 Å². The summed E-state index contributed by atoms with van der Waals surface area (Å²) in [5.74, 6) is -2.15. The molecule has 0 bridgehead atoms. The maximum Gasteiger partial charge on any atom is 0.356 e. The predicted octanol–water partition coefficient (Wildman–Crippen LogP) is 1.88. The van der Waals surface area contributed by atoms with Crippen molar-refractivity contribution < 1.29 is 14.3 Å². The van der Waals surface area contributed by atoms with Crippen LogP contribution in [-0.2, 0) is 6.42 Å². The standard InChI is InChI=1S/C9H8ClFN2O2/c1-2-3-4-6(11)7(12)5(10)8(13-4)9(14)15/h2H,1,3H2,(H2,12,13)(H,14,15). The largest absolute Gasteiger partial charge is 0.476 e. The Labute approximate surface area is 90.2 Å². The summed E-state index contributed by atoms with van der Waals surface area (Å²) in [4.78, 5) is 14.3. The fourth-order valence-corrected chi connectivity index (χ4v) is 1.23. The third-order valence-electron chi connectivity index (χ3n) is 1.72. The first kappa shape index (κ1) is 11.5. The maximum absolute atomic E-state index is 13.4. The van der Waals surface area contributed by atoms with Crippen molar-refractivity contribution in [2.24, 2.45) is 0 Å². The van der Waals surface area contributed by atoms with Crippen LogP contribution in [0.5, 0.6) is 0 Å². The lowest BCUT2D eigenvalue weighted by molar-refractivity contribution is 0.0690. The highest BCUT2D eigenvalue weighted by atomic mass is 35.5. The van der Waals surface area contributed by atoms with Crippen LogP contribution in [0.2, 0.25) is 5.02 Å². The van der Waals surface area contributed by atoms with Crippen molar-refractivity contribution in [3.8, 4) is 0 Å². The van der Waals surface area contributed by atoms with Gasteiger partial charge < -0.3 is 10.8 Å². The number of aromatic carboxylic acids is 1. The molecule has 0 radical (unpaired) electrons. The first-order valence-corrected chi connectivity index (χ1v) is 4.34. The Morgan fingerprint density at radius 3 is 2.80 bits per heavy atom.